The Balaban J connectivity index is 1.48. The summed E-state index contributed by atoms with van der Waals surface area (Å²) in [6, 6.07) is 7.11. The van der Waals surface area contributed by atoms with Crippen LogP contribution in [0.5, 0.6) is 5.75 Å². The van der Waals surface area contributed by atoms with Gasteiger partial charge in [-0.1, -0.05) is 0 Å². The van der Waals surface area contributed by atoms with Crippen LogP contribution in [0, 0.1) is 23.2 Å². The van der Waals surface area contributed by atoms with Crippen molar-refractivity contribution in [3.05, 3.63) is 24.3 Å². The molecule has 1 aromatic carbocycles. The molecule has 0 radical (unpaired) electrons. The number of benzene rings is 1. The van der Waals surface area contributed by atoms with Crippen LogP contribution < -0.4 is 9.64 Å². The molecule has 1 aromatic rings. The Bertz CT molecular complexity index is 646. The number of carbonyl (C=O) groups is 2. The molecule has 4 bridgehead atoms. The van der Waals surface area contributed by atoms with E-state index in [4.69, 9.17) is 9.84 Å². The van der Waals surface area contributed by atoms with E-state index >= 15 is 0 Å². The van der Waals surface area contributed by atoms with E-state index in [1.807, 2.05) is 19.2 Å². The molecule has 5 heteroatoms. The number of rotatable bonds is 5. The number of carboxylic acids is 1. The summed E-state index contributed by atoms with van der Waals surface area (Å²) in [5, 5.41) is 8.66. The quantitative estimate of drug-likeness (QED) is 0.890. The van der Waals surface area contributed by atoms with Gasteiger partial charge >= 0.3 is 5.97 Å². The third-order valence-corrected chi connectivity index (χ3v) is 6.38. The Morgan fingerprint density at radius 2 is 1.60 bits per heavy atom. The van der Waals surface area contributed by atoms with E-state index in [2.05, 4.69) is 0 Å². The summed E-state index contributed by atoms with van der Waals surface area (Å²) >= 11 is 0. The van der Waals surface area contributed by atoms with E-state index in [-0.39, 0.29) is 17.9 Å². The second-order valence-corrected chi connectivity index (χ2v) is 8.24. The first-order chi connectivity index (χ1) is 11.9. The van der Waals surface area contributed by atoms with E-state index in [0.717, 1.165) is 42.7 Å². The molecule has 4 aliphatic carbocycles. The second-order valence-electron chi connectivity index (χ2n) is 8.24. The third kappa shape index (κ3) is 3.00. The van der Waals surface area contributed by atoms with Crippen molar-refractivity contribution in [2.45, 2.75) is 38.5 Å². The van der Waals surface area contributed by atoms with Gasteiger partial charge in [-0.3, -0.25) is 4.79 Å². The largest absolute Gasteiger partial charge is 0.482 e. The molecule has 4 saturated carbocycles. The van der Waals surface area contributed by atoms with E-state index < -0.39 is 5.97 Å². The van der Waals surface area contributed by atoms with Crippen LogP contribution >= 0.6 is 0 Å². The average Bonchev–Trinajstić information content (AvgIpc) is 2.58. The van der Waals surface area contributed by atoms with Crippen molar-refractivity contribution in [2.75, 3.05) is 18.6 Å². The van der Waals surface area contributed by atoms with Crippen molar-refractivity contribution < 1.29 is 19.4 Å². The van der Waals surface area contributed by atoms with Gasteiger partial charge < -0.3 is 14.7 Å². The molecule has 0 aliphatic heterocycles. The highest BCUT2D eigenvalue weighted by Crippen LogP contribution is 2.60. The van der Waals surface area contributed by atoms with Crippen molar-refractivity contribution in [3.8, 4) is 5.75 Å². The lowest BCUT2D eigenvalue weighted by Crippen LogP contribution is -2.54. The molecule has 0 aromatic heterocycles. The van der Waals surface area contributed by atoms with Crippen molar-refractivity contribution in [1.82, 2.24) is 0 Å². The van der Waals surface area contributed by atoms with Gasteiger partial charge in [0.1, 0.15) is 5.75 Å². The number of amides is 1. The smallest absolute Gasteiger partial charge is 0.341 e. The van der Waals surface area contributed by atoms with Crippen LogP contribution in [0.3, 0.4) is 0 Å². The normalized spacial score (nSPS) is 32.4. The molecular formula is C20H25NO4. The van der Waals surface area contributed by atoms with E-state index in [1.54, 1.807) is 17.0 Å². The summed E-state index contributed by atoms with van der Waals surface area (Å²) in [4.78, 5) is 25.7. The van der Waals surface area contributed by atoms with Gasteiger partial charge in [0, 0.05) is 12.7 Å². The van der Waals surface area contributed by atoms with Gasteiger partial charge in [0.05, 0.1) is 5.41 Å². The number of carbonyl (C=O) groups excluding carboxylic acids is 1. The monoisotopic (exact) mass is 343 g/mol. The summed E-state index contributed by atoms with van der Waals surface area (Å²) < 4.78 is 5.16. The Labute approximate surface area is 148 Å². The lowest BCUT2D eigenvalue weighted by atomic mass is 9.49. The fraction of sp³-hybridized carbons (Fsp3) is 0.600. The molecule has 0 saturated heterocycles. The highest BCUT2D eigenvalue weighted by Gasteiger charge is 2.55. The number of carboxylic acid groups (broad SMARTS) is 1. The summed E-state index contributed by atoms with van der Waals surface area (Å²) in [6.45, 7) is -0.360. The Kier molecular flexibility index (Phi) is 3.97. The summed E-state index contributed by atoms with van der Waals surface area (Å²) in [6.07, 6.45) is 7.15. The number of hydrogen-bond donors (Lipinski definition) is 1. The minimum Gasteiger partial charge on any atom is -0.482 e. The van der Waals surface area contributed by atoms with Crippen molar-refractivity contribution in [1.29, 1.82) is 0 Å². The Morgan fingerprint density at radius 1 is 1.08 bits per heavy atom. The van der Waals surface area contributed by atoms with Gasteiger partial charge in [-0.25, -0.2) is 4.79 Å². The number of nitrogens with zero attached hydrogens (tertiary/aromatic N) is 1. The SMILES string of the molecule is CN(C(=O)C12CC3CC(CC(C3)C1)C2)c1ccc(OCC(=O)O)cc1. The fourth-order valence-electron chi connectivity index (χ4n) is 5.76. The lowest BCUT2D eigenvalue weighted by Gasteiger charge is -2.56. The van der Waals surface area contributed by atoms with Gasteiger partial charge in [0.2, 0.25) is 5.91 Å². The molecule has 1 amide bonds. The maximum Gasteiger partial charge on any atom is 0.341 e. The van der Waals surface area contributed by atoms with Gasteiger partial charge in [0.15, 0.2) is 6.61 Å². The van der Waals surface area contributed by atoms with E-state index in [0.29, 0.717) is 5.75 Å². The van der Waals surface area contributed by atoms with Crippen molar-refractivity contribution in [2.24, 2.45) is 23.2 Å². The van der Waals surface area contributed by atoms with Crippen LogP contribution in [-0.2, 0) is 9.59 Å². The highest BCUT2D eigenvalue weighted by atomic mass is 16.5. The van der Waals surface area contributed by atoms with Gasteiger partial charge in [-0.15, -0.1) is 0 Å². The van der Waals surface area contributed by atoms with E-state index in [9.17, 15) is 9.59 Å². The van der Waals surface area contributed by atoms with Crippen LogP contribution in [0.2, 0.25) is 0 Å². The molecule has 5 nitrogen and oxygen atoms in total. The maximum absolute atomic E-state index is 13.3. The molecule has 0 unspecified atom stereocenters. The van der Waals surface area contributed by atoms with Gasteiger partial charge in [0.25, 0.3) is 0 Å². The van der Waals surface area contributed by atoms with Crippen LogP contribution in [-0.4, -0.2) is 30.6 Å². The average molecular weight is 343 g/mol. The molecular weight excluding hydrogens is 318 g/mol. The minimum atomic E-state index is -1.00. The zero-order valence-electron chi connectivity index (χ0n) is 14.6. The first kappa shape index (κ1) is 16.4. The second kappa shape index (κ2) is 6.04. The molecule has 0 atom stereocenters. The van der Waals surface area contributed by atoms with Crippen LogP contribution in [0.4, 0.5) is 5.69 Å². The number of ether oxygens (including phenoxy) is 1. The zero-order valence-corrected chi connectivity index (χ0v) is 14.6. The highest BCUT2D eigenvalue weighted by molar-refractivity contribution is 5.97. The number of hydrogen-bond acceptors (Lipinski definition) is 3. The first-order valence-corrected chi connectivity index (χ1v) is 9.18. The maximum atomic E-state index is 13.3. The lowest BCUT2D eigenvalue weighted by molar-refractivity contribution is -0.143. The molecule has 1 N–H and O–H groups in total. The zero-order chi connectivity index (χ0) is 17.6. The molecule has 4 aliphatic rings. The molecule has 0 heterocycles. The van der Waals surface area contributed by atoms with Crippen LogP contribution in [0.15, 0.2) is 24.3 Å². The first-order valence-electron chi connectivity index (χ1n) is 9.18. The fourth-order valence-corrected chi connectivity index (χ4v) is 5.76. The molecule has 134 valence electrons. The molecule has 5 rings (SSSR count). The van der Waals surface area contributed by atoms with Crippen LogP contribution in [0.1, 0.15) is 38.5 Å². The molecule has 4 fully saturated rings. The summed E-state index contributed by atoms with van der Waals surface area (Å²) in [5.74, 6) is 1.99. The predicted octanol–water partition coefficient (Wildman–Crippen LogP) is 3.33. The molecule has 0 spiro atoms. The van der Waals surface area contributed by atoms with Gasteiger partial charge in [-0.05, 0) is 80.5 Å². The summed E-state index contributed by atoms with van der Waals surface area (Å²) in [7, 11) is 1.86. The molecule has 25 heavy (non-hydrogen) atoms. The third-order valence-electron chi connectivity index (χ3n) is 6.38. The van der Waals surface area contributed by atoms with Gasteiger partial charge in [-0.2, -0.15) is 0 Å². The van der Waals surface area contributed by atoms with Crippen molar-refractivity contribution in [3.63, 3.8) is 0 Å². The topological polar surface area (TPSA) is 66.8 Å². The number of aliphatic carboxylic acids is 1. The minimum absolute atomic E-state index is 0.151. The predicted molar refractivity (Wildman–Crippen MR) is 93.6 cm³/mol. The summed E-state index contributed by atoms with van der Waals surface area (Å²) in [5.41, 5.74) is 0.686. The van der Waals surface area contributed by atoms with Crippen LogP contribution in [0.25, 0.3) is 0 Å². The Morgan fingerprint density at radius 3 is 2.08 bits per heavy atom. The standard InChI is InChI=1S/C20H25NO4/c1-21(16-2-4-17(5-3-16)25-12-18(22)23)19(24)20-9-13-6-14(10-20)8-15(7-13)11-20/h2-5,13-15H,6-12H2,1H3,(H,22,23). The van der Waals surface area contributed by atoms with Crippen molar-refractivity contribution >= 4 is 17.6 Å². The van der Waals surface area contributed by atoms with E-state index in [1.165, 1.54) is 19.3 Å². The Hall–Kier alpha value is -2.04. The number of anilines is 1.